The Hall–Kier alpha value is -2.54. The molecule has 1 heterocycles. The highest BCUT2D eigenvalue weighted by Crippen LogP contribution is 2.30. The van der Waals surface area contributed by atoms with Crippen molar-refractivity contribution in [1.82, 2.24) is 0 Å². The van der Waals surface area contributed by atoms with E-state index in [-0.39, 0.29) is 11.8 Å². The monoisotopic (exact) mass is 365 g/mol. The first kappa shape index (κ1) is 18.3. The Bertz CT molecular complexity index is 753. The van der Waals surface area contributed by atoms with E-state index >= 15 is 0 Å². The molecule has 1 amide bonds. The lowest BCUT2D eigenvalue weighted by Crippen LogP contribution is -2.19. The van der Waals surface area contributed by atoms with Gasteiger partial charge in [-0.2, -0.15) is 13.2 Å². The maximum atomic E-state index is 12.6. The van der Waals surface area contributed by atoms with Crippen molar-refractivity contribution in [1.29, 1.82) is 0 Å². The van der Waals surface area contributed by atoms with Crippen molar-refractivity contribution >= 4 is 11.6 Å². The van der Waals surface area contributed by atoms with Crippen LogP contribution < -0.4 is 10.1 Å². The van der Waals surface area contributed by atoms with Crippen molar-refractivity contribution in [3.63, 3.8) is 0 Å². The topological polar surface area (TPSA) is 47.6 Å². The summed E-state index contributed by atoms with van der Waals surface area (Å²) in [5, 5.41) is 2.59. The lowest BCUT2D eigenvalue weighted by Gasteiger charge is -2.15. The largest absolute Gasteiger partial charge is 0.490 e. The molecule has 1 N–H and O–H groups in total. The number of hydrogen-bond acceptors (Lipinski definition) is 3. The predicted octanol–water partition coefficient (Wildman–Crippen LogP) is 4.52. The number of para-hydroxylation sites is 1. The summed E-state index contributed by atoms with van der Waals surface area (Å²) in [5.74, 6) is -0.0416. The molecule has 1 aliphatic heterocycles. The van der Waals surface area contributed by atoms with Crippen LogP contribution in [-0.4, -0.2) is 25.2 Å². The summed E-state index contributed by atoms with van der Waals surface area (Å²) >= 11 is 0. The van der Waals surface area contributed by atoms with Gasteiger partial charge < -0.3 is 14.8 Å². The van der Waals surface area contributed by atoms with Gasteiger partial charge in [-0.3, -0.25) is 4.79 Å². The first-order valence-electron chi connectivity index (χ1n) is 8.25. The number of nitrogens with one attached hydrogen (secondary N) is 1. The zero-order valence-electron chi connectivity index (χ0n) is 13.9. The molecule has 3 rings (SSSR count). The van der Waals surface area contributed by atoms with Crippen molar-refractivity contribution in [2.45, 2.75) is 25.1 Å². The second kappa shape index (κ2) is 7.78. The molecular formula is C19H18F3NO3. The first-order valence-corrected chi connectivity index (χ1v) is 8.25. The molecule has 1 saturated heterocycles. The standard InChI is InChI=1S/C19H18F3NO3/c20-19(21,22)13-7-9-14(10-8-13)23-18(24)16-5-1-2-6-17(16)26-12-15-4-3-11-25-15/h1-2,5-10,15H,3-4,11-12H2,(H,23,24). The SMILES string of the molecule is O=C(Nc1ccc(C(F)(F)F)cc1)c1ccccc1OCC1CCCO1. The zero-order valence-corrected chi connectivity index (χ0v) is 13.9. The molecule has 2 aromatic rings. The number of hydrogen-bond donors (Lipinski definition) is 1. The third-order valence-electron chi connectivity index (χ3n) is 4.05. The van der Waals surface area contributed by atoms with Gasteiger partial charge >= 0.3 is 6.18 Å². The van der Waals surface area contributed by atoms with E-state index in [1.54, 1.807) is 24.3 Å². The van der Waals surface area contributed by atoms with Crippen LogP contribution >= 0.6 is 0 Å². The third kappa shape index (κ3) is 4.54. The maximum Gasteiger partial charge on any atom is 0.416 e. The number of benzene rings is 2. The smallest absolute Gasteiger partial charge is 0.416 e. The number of rotatable bonds is 5. The Morgan fingerprint density at radius 2 is 1.88 bits per heavy atom. The fourth-order valence-electron chi connectivity index (χ4n) is 2.68. The highest BCUT2D eigenvalue weighted by atomic mass is 19.4. The van der Waals surface area contributed by atoms with Gasteiger partial charge in [0.15, 0.2) is 0 Å². The first-order chi connectivity index (χ1) is 12.4. The molecule has 138 valence electrons. The van der Waals surface area contributed by atoms with Crippen LogP contribution in [-0.2, 0) is 10.9 Å². The van der Waals surface area contributed by atoms with Gasteiger partial charge in [-0.25, -0.2) is 0 Å². The average Bonchev–Trinajstić information content (AvgIpc) is 3.13. The number of halogens is 3. The minimum Gasteiger partial charge on any atom is -0.490 e. The average molecular weight is 365 g/mol. The van der Waals surface area contributed by atoms with Crippen LogP contribution in [0.2, 0.25) is 0 Å². The lowest BCUT2D eigenvalue weighted by atomic mass is 10.1. The Balaban J connectivity index is 1.67. The number of anilines is 1. The van der Waals surface area contributed by atoms with Gasteiger partial charge in [0, 0.05) is 12.3 Å². The van der Waals surface area contributed by atoms with E-state index < -0.39 is 17.6 Å². The van der Waals surface area contributed by atoms with Crippen LogP contribution in [0.4, 0.5) is 18.9 Å². The van der Waals surface area contributed by atoms with Gasteiger partial charge in [-0.05, 0) is 49.2 Å². The normalized spacial score (nSPS) is 17.1. The van der Waals surface area contributed by atoms with Crippen LogP contribution in [0.5, 0.6) is 5.75 Å². The van der Waals surface area contributed by atoms with Gasteiger partial charge in [0.25, 0.3) is 5.91 Å². The Kier molecular flexibility index (Phi) is 5.46. The second-order valence-electron chi connectivity index (χ2n) is 5.97. The lowest BCUT2D eigenvalue weighted by molar-refractivity contribution is -0.137. The molecule has 0 aromatic heterocycles. The van der Waals surface area contributed by atoms with Crippen molar-refractivity contribution < 1.29 is 27.4 Å². The number of amides is 1. The fourth-order valence-corrected chi connectivity index (χ4v) is 2.68. The molecular weight excluding hydrogens is 347 g/mol. The molecule has 1 atom stereocenters. The quantitative estimate of drug-likeness (QED) is 0.848. The molecule has 0 radical (unpaired) electrons. The van der Waals surface area contributed by atoms with Gasteiger partial charge in [0.2, 0.25) is 0 Å². The van der Waals surface area contributed by atoms with E-state index in [1.165, 1.54) is 12.1 Å². The van der Waals surface area contributed by atoms with Gasteiger partial charge in [-0.15, -0.1) is 0 Å². The van der Waals surface area contributed by atoms with E-state index in [2.05, 4.69) is 5.32 Å². The molecule has 7 heteroatoms. The van der Waals surface area contributed by atoms with Crippen molar-refractivity contribution in [3.8, 4) is 5.75 Å². The second-order valence-corrected chi connectivity index (χ2v) is 5.97. The summed E-state index contributed by atoms with van der Waals surface area (Å²) < 4.78 is 49.0. The molecule has 1 fully saturated rings. The zero-order chi connectivity index (χ0) is 18.6. The van der Waals surface area contributed by atoms with E-state index in [1.807, 2.05) is 0 Å². The molecule has 0 bridgehead atoms. The summed E-state index contributed by atoms with van der Waals surface area (Å²) in [6.45, 7) is 1.06. The molecule has 1 unspecified atom stereocenters. The summed E-state index contributed by atoms with van der Waals surface area (Å²) in [6.07, 6.45) is -2.49. The number of carbonyl (C=O) groups excluding carboxylic acids is 1. The Labute approximate surface area is 148 Å². The van der Waals surface area contributed by atoms with Crippen LogP contribution in [0, 0.1) is 0 Å². The summed E-state index contributed by atoms with van der Waals surface area (Å²) in [4.78, 5) is 12.5. The molecule has 4 nitrogen and oxygen atoms in total. The van der Waals surface area contributed by atoms with Gasteiger partial charge in [-0.1, -0.05) is 12.1 Å². The van der Waals surface area contributed by atoms with Crippen LogP contribution in [0.25, 0.3) is 0 Å². The van der Waals surface area contributed by atoms with Crippen molar-refractivity contribution in [3.05, 3.63) is 59.7 Å². The third-order valence-corrected chi connectivity index (χ3v) is 4.05. The van der Waals surface area contributed by atoms with E-state index in [0.717, 1.165) is 25.0 Å². The molecule has 0 spiro atoms. The van der Waals surface area contributed by atoms with Crippen LogP contribution in [0.3, 0.4) is 0 Å². The molecule has 1 aliphatic rings. The minimum atomic E-state index is -4.41. The summed E-state index contributed by atoms with van der Waals surface area (Å²) in [5.41, 5.74) is -0.182. The Morgan fingerprint density at radius 1 is 1.15 bits per heavy atom. The summed E-state index contributed by atoms with van der Waals surface area (Å²) in [6, 6.07) is 11.0. The molecule has 26 heavy (non-hydrogen) atoms. The Morgan fingerprint density at radius 3 is 2.54 bits per heavy atom. The number of alkyl halides is 3. The van der Waals surface area contributed by atoms with Crippen LogP contribution in [0.15, 0.2) is 48.5 Å². The fraction of sp³-hybridized carbons (Fsp3) is 0.316. The molecule has 0 saturated carbocycles. The number of ether oxygens (including phenoxy) is 2. The van der Waals surface area contributed by atoms with Crippen molar-refractivity contribution in [2.24, 2.45) is 0 Å². The minimum absolute atomic E-state index is 0.0148. The van der Waals surface area contributed by atoms with Gasteiger partial charge in [0.1, 0.15) is 12.4 Å². The van der Waals surface area contributed by atoms with Crippen molar-refractivity contribution in [2.75, 3.05) is 18.5 Å². The van der Waals surface area contributed by atoms with E-state index in [4.69, 9.17) is 9.47 Å². The maximum absolute atomic E-state index is 12.6. The highest BCUT2D eigenvalue weighted by molar-refractivity contribution is 6.06. The predicted molar refractivity (Wildman–Crippen MR) is 90.3 cm³/mol. The van der Waals surface area contributed by atoms with E-state index in [9.17, 15) is 18.0 Å². The van der Waals surface area contributed by atoms with Crippen LogP contribution in [0.1, 0.15) is 28.8 Å². The molecule has 0 aliphatic carbocycles. The summed E-state index contributed by atoms with van der Waals surface area (Å²) in [7, 11) is 0. The highest BCUT2D eigenvalue weighted by Gasteiger charge is 2.30. The number of carbonyl (C=O) groups is 1. The molecule has 2 aromatic carbocycles. The van der Waals surface area contributed by atoms with E-state index in [0.29, 0.717) is 24.5 Å². The van der Waals surface area contributed by atoms with Gasteiger partial charge in [0.05, 0.1) is 17.2 Å².